The minimum Gasteiger partial charge on any atom is -0.382 e. The summed E-state index contributed by atoms with van der Waals surface area (Å²) < 4.78 is 9.93. The number of aryl methyl sites for hydroxylation is 1. The molecule has 18 heavy (non-hydrogen) atoms. The van der Waals surface area contributed by atoms with E-state index < -0.39 is 0 Å². The molecular weight excluding hydrogens is 232 g/mol. The molecule has 0 radical (unpaired) electrons. The molecule has 1 aromatic rings. The van der Waals surface area contributed by atoms with Crippen LogP contribution in [0.1, 0.15) is 11.1 Å². The van der Waals surface area contributed by atoms with Gasteiger partial charge in [-0.15, -0.1) is 0 Å². The second-order valence-corrected chi connectivity index (χ2v) is 3.89. The number of hydrogen-bond acceptors (Lipinski definition) is 3. The summed E-state index contributed by atoms with van der Waals surface area (Å²) in [6.07, 6.45) is 0. The number of nitrogens with one attached hydrogen (secondary N) is 2. The Morgan fingerprint density at radius 3 is 2.56 bits per heavy atom. The van der Waals surface area contributed by atoms with E-state index in [0.717, 1.165) is 5.56 Å². The fraction of sp³-hybridized carbons (Fsp3) is 0.462. The summed E-state index contributed by atoms with van der Waals surface area (Å²) in [5, 5.41) is 5.34. The van der Waals surface area contributed by atoms with Crippen LogP contribution in [-0.2, 0) is 16.0 Å². The summed E-state index contributed by atoms with van der Waals surface area (Å²) in [4.78, 5) is 11.4. The minimum atomic E-state index is -0.243. The van der Waals surface area contributed by atoms with Crippen molar-refractivity contribution in [2.75, 3.05) is 27.1 Å². The molecule has 0 aliphatic heterocycles. The van der Waals surface area contributed by atoms with Crippen LogP contribution in [0, 0.1) is 6.92 Å². The monoisotopic (exact) mass is 252 g/mol. The number of ether oxygens (including phenoxy) is 2. The third kappa shape index (κ3) is 6.22. The first-order chi connectivity index (χ1) is 8.72. The number of rotatable bonds is 7. The number of hydrogen-bond donors (Lipinski definition) is 2. The van der Waals surface area contributed by atoms with E-state index in [-0.39, 0.29) is 12.8 Å². The highest BCUT2D eigenvalue weighted by atomic mass is 16.5. The molecule has 0 saturated heterocycles. The number of carbonyl (C=O) groups excluding carboxylic acids is 1. The Hall–Kier alpha value is -1.59. The molecule has 0 aromatic heterocycles. The lowest BCUT2D eigenvalue weighted by Gasteiger charge is -2.08. The highest BCUT2D eigenvalue weighted by Crippen LogP contribution is 2.02. The standard InChI is InChI=1S/C13H20N2O3/c1-11-3-5-12(6-4-11)9-14-13(16)15-10-18-8-7-17-2/h3-6H,7-10H2,1-2H3,(H2,14,15,16). The predicted octanol–water partition coefficient (Wildman–Crippen LogP) is 1.41. The number of carbonyl (C=O) groups is 1. The lowest BCUT2D eigenvalue weighted by Crippen LogP contribution is -2.36. The average Bonchev–Trinajstić information content (AvgIpc) is 2.38. The molecule has 0 spiro atoms. The molecule has 1 rings (SSSR count). The van der Waals surface area contributed by atoms with Gasteiger partial charge in [0.2, 0.25) is 0 Å². The van der Waals surface area contributed by atoms with E-state index in [0.29, 0.717) is 19.8 Å². The first kappa shape index (κ1) is 14.5. The molecule has 0 bridgehead atoms. The third-order valence-electron chi connectivity index (χ3n) is 2.34. The Kier molecular flexibility index (Phi) is 6.83. The van der Waals surface area contributed by atoms with Gasteiger partial charge < -0.3 is 20.1 Å². The summed E-state index contributed by atoms with van der Waals surface area (Å²) in [5.41, 5.74) is 2.27. The fourth-order valence-electron chi connectivity index (χ4n) is 1.28. The number of urea groups is 1. The van der Waals surface area contributed by atoms with Crippen molar-refractivity contribution >= 4 is 6.03 Å². The summed E-state index contributed by atoms with van der Waals surface area (Å²) >= 11 is 0. The van der Waals surface area contributed by atoms with Gasteiger partial charge in [-0.3, -0.25) is 0 Å². The maximum absolute atomic E-state index is 11.4. The molecule has 0 saturated carbocycles. The van der Waals surface area contributed by atoms with E-state index in [9.17, 15) is 4.79 Å². The molecule has 0 heterocycles. The molecular formula is C13H20N2O3. The molecule has 5 heteroatoms. The third-order valence-corrected chi connectivity index (χ3v) is 2.34. The summed E-state index contributed by atoms with van der Waals surface area (Å²) in [7, 11) is 1.60. The predicted molar refractivity (Wildman–Crippen MR) is 69.2 cm³/mol. The maximum atomic E-state index is 11.4. The molecule has 1 aromatic carbocycles. The first-order valence-corrected chi connectivity index (χ1v) is 5.86. The van der Waals surface area contributed by atoms with Crippen LogP contribution in [0.5, 0.6) is 0 Å². The van der Waals surface area contributed by atoms with E-state index >= 15 is 0 Å². The van der Waals surface area contributed by atoms with Crippen LogP contribution in [0.15, 0.2) is 24.3 Å². The van der Waals surface area contributed by atoms with Crippen molar-refractivity contribution in [3.63, 3.8) is 0 Å². The molecule has 2 amide bonds. The van der Waals surface area contributed by atoms with E-state index in [2.05, 4.69) is 10.6 Å². The fourth-order valence-corrected chi connectivity index (χ4v) is 1.28. The average molecular weight is 252 g/mol. The Bertz CT molecular complexity index is 352. The lowest BCUT2D eigenvalue weighted by molar-refractivity contribution is 0.0642. The summed E-state index contributed by atoms with van der Waals surface area (Å²) in [5.74, 6) is 0. The van der Waals surface area contributed by atoms with Crippen molar-refractivity contribution in [1.29, 1.82) is 0 Å². The van der Waals surface area contributed by atoms with Crippen LogP contribution in [0.3, 0.4) is 0 Å². The molecule has 0 unspecified atom stereocenters. The van der Waals surface area contributed by atoms with Gasteiger partial charge in [0, 0.05) is 13.7 Å². The van der Waals surface area contributed by atoms with Crippen LogP contribution in [0.25, 0.3) is 0 Å². The van der Waals surface area contributed by atoms with Crippen molar-refractivity contribution in [1.82, 2.24) is 10.6 Å². The Labute approximate surface area is 107 Å². The largest absolute Gasteiger partial charge is 0.382 e. The van der Waals surface area contributed by atoms with Gasteiger partial charge in [-0.1, -0.05) is 29.8 Å². The quantitative estimate of drug-likeness (QED) is 0.570. The van der Waals surface area contributed by atoms with Crippen LogP contribution in [0.2, 0.25) is 0 Å². The molecule has 5 nitrogen and oxygen atoms in total. The molecule has 2 N–H and O–H groups in total. The SMILES string of the molecule is COCCOCNC(=O)NCc1ccc(C)cc1. The van der Waals surface area contributed by atoms with Gasteiger partial charge in [-0.2, -0.15) is 0 Å². The lowest BCUT2D eigenvalue weighted by atomic mass is 10.1. The zero-order valence-corrected chi connectivity index (χ0v) is 10.9. The topological polar surface area (TPSA) is 59.6 Å². The number of benzene rings is 1. The molecule has 100 valence electrons. The van der Waals surface area contributed by atoms with Gasteiger partial charge >= 0.3 is 6.03 Å². The smallest absolute Gasteiger partial charge is 0.316 e. The van der Waals surface area contributed by atoms with E-state index in [1.807, 2.05) is 31.2 Å². The van der Waals surface area contributed by atoms with Crippen LogP contribution in [-0.4, -0.2) is 33.1 Å². The van der Waals surface area contributed by atoms with Crippen molar-refractivity contribution < 1.29 is 14.3 Å². The van der Waals surface area contributed by atoms with Crippen LogP contribution >= 0.6 is 0 Å². The normalized spacial score (nSPS) is 10.1. The van der Waals surface area contributed by atoms with Crippen molar-refractivity contribution in [3.05, 3.63) is 35.4 Å². The Morgan fingerprint density at radius 2 is 1.89 bits per heavy atom. The summed E-state index contributed by atoms with van der Waals surface area (Å²) in [6, 6.07) is 7.77. The van der Waals surface area contributed by atoms with Crippen molar-refractivity contribution in [2.45, 2.75) is 13.5 Å². The van der Waals surface area contributed by atoms with E-state index in [1.165, 1.54) is 5.56 Å². The zero-order chi connectivity index (χ0) is 13.2. The van der Waals surface area contributed by atoms with Gasteiger partial charge in [-0.25, -0.2) is 4.79 Å². The van der Waals surface area contributed by atoms with Gasteiger partial charge in [0.1, 0.15) is 6.73 Å². The Balaban J connectivity index is 2.11. The second kappa shape index (κ2) is 8.49. The molecule has 0 aliphatic carbocycles. The molecule has 0 atom stereocenters. The van der Waals surface area contributed by atoms with Gasteiger partial charge in [0.05, 0.1) is 13.2 Å². The Morgan fingerprint density at radius 1 is 1.17 bits per heavy atom. The van der Waals surface area contributed by atoms with E-state index in [4.69, 9.17) is 9.47 Å². The van der Waals surface area contributed by atoms with Crippen LogP contribution in [0.4, 0.5) is 4.79 Å². The van der Waals surface area contributed by atoms with Gasteiger partial charge in [0.15, 0.2) is 0 Å². The summed E-state index contributed by atoms with van der Waals surface area (Å²) in [6.45, 7) is 3.70. The van der Waals surface area contributed by atoms with Crippen molar-refractivity contribution in [3.8, 4) is 0 Å². The highest BCUT2D eigenvalue weighted by Gasteiger charge is 1.99. The molecule has 0 fully saturated rings. The van der Waals surface area contributed by atoms with Crippen molar-refractivity contribution in [2.24, 2.45) is 0 Å². The minimum absolute atomic E-state index is 0.184. The molecule has 0 aliphatic rings. The van der Waals surface area contributed by atoms with Crippen LogP contribution < -0.4 is 10.6 Å². The van der Waals surface area contributed by atoms with Gasteiger partial charge in [0.25, 0.3) is 0 Å². The first-order valence-electron chi connectivity index (χ1n) is 5.86. The van der Waals surface area contributed by atoms with E-state index in [1.54, 1.807) is 7.11 Å². The highest BCUT2D eigenvalue weighted by molar-refractivity contribution is 5.73. The number of amides is 2. The number of methoxy groups -OCH3 is 1. The zero-order valence-electron chi connectivity index (χ0n) is 10.9. The maximum Gasteiger partial charge on any atom is 0.316 e. The second-order valence-electron chi connectivity index (χ2n) is 3.89. The van der Waals surface area contributed by atoms with Gasteiger partial charge in [-0.05, 0) is 12.5 Å².